The molecule has 0 bridgehead atoms. The third-order valence-corrected chi connectivity index (χ3v) is 3.72. The number of benzene rings is 2. The number of hydrogen-bond donors (Lipinski definition) is 1. The van der Waals surface area contributed by atoms with Gasteiger partial charge in [-0.15, -0.1) is 0 Å². The molecule has 0 aliphatic carbocycles. The van der Waals surface area contributed by atoms with Crippen LogP contribution in [0.5, 0.6) is 0 Å². The second-order valence-corrected chi connectivity index (χ2v) is 5.52. The average Bonchev–Trinajstić information content (AvgIpc) is 3.05. The molecule has 0 saturated carbocycles. The molecule has 2 aromatic carbocycles. The lowest BCUT2D eigenvalue weighted by Gasteiger charge is -2.10. The van der Waals surface area contributed by atoms with E-state index < -0.39 is 17.8 Å². The van der Waals surface area contributed by atoms with E-state index in [1.165, 1.54) is 18.2 Å². The maximum absolute atomic E-state index is 13.6. The number of hydrogen-bond acceptors (Lipinski definition) is 4. The molecule has 0 aliphatic rings. The maximum atomic E-state index is 13.6. The molecule has 0 saturated heterocycles. The van der Waals surface area contributed by atoms with E-state index in [4.69, 9.17) is 16.1 Å². The minimum absolute atomic E-state index is 0.0461. The monoisotopic (exact) mass is 345 g/mol. The fraction of sp³-hybridized carbons (Fsp3) is 0.118. The van der Waals surface area contributed by atoms with E-state index >= 15 is 0 Å². The number of carbonyl (C=O) groups excluding carboxylic acids is 1. The summed E-state index contributed by atoms with van der Waals surface area (Å²) in [5.41, 5.74) is 0.581. The van der Waals surface area contributed by atoms with Gasteiger partial charge in [0.15, 0.2) is 0 Å². The number of nitrogens with one attached hydrogen (secondary N) is 1. The van der Waals surface area contributed by atoms with Gasteiger partial charge in [0.1, 0.15) is 11.9 Å². The first kappa shape index (κ1) is 16.1. The summed E-state index contributed by atoms with van der Waals surface area (Å²) in [6, 6.07) is 12.2. The Hall–Kier alpha value is -2.73. The lowest BCUT2D eigenvalue weighted by Crippen LogP contribution is -2.27. The Kier molecular flexibility index (Phi) is 4.57. The van der Waals surface area contributed by atoms with Gasteiger partial charge < -0.3 is 9.84 Å². The molecular formula is C17H13ClFN3O2. The van der Waals surface area contributed by atoms with Crippen molar-refractivity contribution >= 4 is 17.5 Å². The third-order valence-electron chi connectivity index (χ3n) is 3.39. The van der Waals surface area contributed by atoms with Crippen molar-refractivity contribution in [1.29, 1.82) is 0 Å². The molecule has 1 heterocycles. The van der Waals surface area contributed by atoms with Crippen molar-refractivity contribution in [2.45, 2.75) is 13.0 Å². The zero-order valence-corrected chi connectivity index (χ0v) is 13.4. The van der Waals surface area contributed by atoms with E-state index in [1.54, 1.807) is 37.3 Å². The first-order chi connectivity index (χ1) is 11.6. The number of aromatic nitrogens is 2. The van der Waals surface area contributed by atoms with Crippen LogP contribution in [0.4, 0.5) is 4.39 Å². The number of halogens is 2. The summed E-state index contributed by atoms with van der Waals surface area (Å²) in [6.45, 7) is 1.67. The van der Waals surface area contributed by atoms with Crippen molar-refractivity contribution in [1.82, 2.24) is 15.5 Å². The van der Waals surface area contributed by atoms with E-state index in [0.717, 1.165) is 0 Å². The van der Waals surface area contributed by atoms with Gasteiger partial charge in [-0.3, -0.25) is 4.79 Å². The summed E-state index contributed by atoms with van der Waals surface area (Å²) in [5.74, 6) is -0.625. The van der Waals surface area contributed by atoms with Gasteiger partial charge in [0, 0.05) is 5.56 Å². The van der Waals surface area contributed by atoms with Crippen LogP contribution in [0.1, 0.15) is 29.2 Å². The zero-order valence-electron chi connectivity index (χ0n) is 12.7. The van der Waals surface area contributed by atoms with Crippen molar-refractivity contribution in [2.75, 3.05) is 0 Å². The molecule has 24 heavy (non-hydrogen) atoms. The molecule has 1 atom stereocenters. The van der Waals surface area contributed by atoms with E-state index in [0.29, 0.717) is 16.4 Å². The van der Waals surface area contributed by atoms with E-state index in [-0.39, 0.29) is 11.5 Å². The van der Waals surface area contributed by atoms with Gasteiger partial charge in [0.25, 0.3) is 5.91 Å². The van der Waals surface area contributed by atoms with Gasteiger partial charge in [-0.1, -0.05) is 41.0 Å². The highest BCUT2D eigenvalue weighted by Gasteiger charge is 2.20. The Balaban J connectivity index is 1.77. The second kappa shape index (κ2) is 6.80. The van der Waals surface area contributed by atoms with Gasteiger partial charge in [-0.2, -0.15) is 4.98 Å². The first-order valence-electron chi connectivity index (χ1n) is 7.20. The molecule has 0 radical (unpaired) electrons. The van der Waals surface area contributed by atoms with Gasteiger partial charge in [-0.25, -0.2) is 4.39 Å². The van der Waals surface area contributed by atoms with Crippen LogP contribution >= 0.6 is 11.6 Å². The quantitative estimate of drug-likeness (QED) is 0.775. The van der Waals surface area contributed by atoms with Crippen molar-refractivity contribution in [3.8, 4) is 11.4 Å². The first-order valence-corrected chi connectivity index (χ1v) is 7.58. The SMILES string of the molecule is C[C@H](NC(=O)c1ccccc1F)c1nc(-c2ccccc2Cl)no1. The van der Waals surface area contributed by atoms with Crippen molar-refractivity contribution in [3.05, 3.63) is 70.8 Å². The fourth-order valence-corrected chi connectivity index (χ4v) is 2.36. The molecule has 5 nitrogen and oxygen atoms in total. The van der Waals surface area contributed by atoms with E-state index in [1.807, 2.05) is 0 Å². The van der Waals surface area contributed by atoms with Crippen molar-refractivity contribution < 1.29 is 13.7 Å². The van der Waals surface area contributed by atoms with Crippen LogP contribution in [-0.2, 0) is 0 Å². The van der Waals surface area contributed by atoms with E-state index in [9.17, 15) is 9.18 Å². The maximum Gasteiger partial charge on any atom is 0.254 e. The zero-order chi connectivity index (χ0) is 17.1. The minimum Gasteiger partial charge on any atom is -0.340 e. The lowest BCUT2D eigenvalue weighted by atomic mass is 10.2. The van der Waals surface area contributed by atoms with Crippen LogP contribution in [0, 0.1) is 5.82 Å². The summed E-state index contributed by atoms with van der Waals surface area (Å²) in [6.07, 6.45) is 0. The Labute approximate surface area is 142 Å². The summed E-state index contributed by atoms with van der Waals surface area (Å²) in [5, 5.41) is 6.99. The van der Waals surface area contributed by atoms with Crippen molar-refractivity contribution in [2.24, 2.45) is 0 Å². The molecule has 3 rings (SSSR count). The van der Waals surface area contributed by atoms with Gasteiger partial charge in [0.05, 0.1) is 10.6 Å². The molecule has 1 aromatic heterocycles. The Bertz CT molecular complexity index is 882. The Morgan fingerprint density at radius 2 is 1.92 bits per heavy atom. The molecule has 1 N–H and O–H groups in total. The molecule has 0 spiro atoms. The third kappa shape index (κ3) is 3.28. The highest BCUT2D eigenvalue weighted by molar-refractivity contribution is 6.33. The van der Waals surface area contributed by atoms with E-state index in [2.05, 4.69) is 15.5 Å². The molecular weight excluding hydrogens is 333 g/mol. The fourth-order valence-electron chi connectivity index (χ4n) is 2.14. The summed E-state index contributed by atoms with van der Waals surface area (Å²) in [7, 11) is 0. The molecule has 7 heteroatoms. The van der Waals surface area contributed by atoms with Crippen LogP contribution < -0.4 is 5.32 Å². The Morgan fingerprint density at radius 1 is 1.21 bits per heavy atom. The highest BCUT2D eigenvalue weighted by Crippen LogP contribution is 2.26. The topological polar surface area (TPSA) is 68.0 Å². The number of amides is 1. The van der Waals surface area contributed by atoms with Crippen LogP contribution in [0.2, 0.25) is 5.02 Å². The van der Waals surface area contributed by atoms with Gasteiger partial charge in [0.2, 0.25) is 11.7 Å². The summed E-state index contributed by atoms with van der Waals surface area (Å²) in [4.78, 5) is 16.4. The molecule has 0 fully saturated rings. The van der Waals surface area contributed by atoms with Crippen LogP contribution in [-0.4, -0.2) is 16.0 Å². The Morgan fingerprint density at radius 3 is 2.67 bits per heavy atom. The molecule has 3 aromatic rings. The normalized spacial score (nSPS) is 12.0. The molecule has 0 unspecified atom stereocenters. The summed E-state index contributed by atoms with van der Waals surface area (Å²) < 4.78 is 18.8. The standard InChI is InChI=1S/C17H13ClFN3O2/c1-10(20-16(23)12-7-3-5-9-14(12)19)17-21-15(22-24-17)11-6-2-4-8-13(11)18/h2-10H,1H3,(H,20,23)/t10-/m0/s1. The van der Waals surface area contributed by atoms with Crippen LogP contribution in [0.3, 0.4) is 0 Å². The molecule has 122 valence electrons. The number of nitrogens with zero attached hydrogens (tertiary/aromatic N) is 2. The summed E-state index contributed by atoms with van der Waals surface area (Å²) >= 11 is 6.10. The molecule has 1 amide bonds. The minimum atomic E-state index is -0.593. The largest absolute Gasteiger partial charge is 0.340 e. The predicted molar refractivity (Wildman–Crippen MR) is 87.0 cm³/mol. The smallest absolute Gasteiger partial charge is 0.254 e. The van der Waals surface area contributed by atoms with Crippen LogP contribution in [0.15, 0.2) is 53.1 Å². The number of carbonyl (C=O) groups is 1. The van der Waals surface area contributed by atoms with Gasteiger partial charge >= 0.3 is 0 Å². The predicted octanol–water partition coefficient (Wildman–Crippen LogP) is 4.02. The second-order valence-electron chi connectivity index (χ2n) is 5.11. The van der Waals surface area contributed by atoms with Crippen molar-refractivity contribution in [3.63, 3.8) is 0 Å². The van der Waals surface area contributed by atoms with Gasteiger partial charge in [-0.05, 0) is 31.2 Å². The van der Waals surface area contributed by atoms with Crippen LogP contribution in [0.25, 0.3) is 11.4 Å². The highest BCUT2D eigenvalue weighted by atomic mass is 35.5. The lowest BCUT2D eigenvalue weighted by molar-refractivity contribution is 0.0928. The number of rotatable bonds is 4. The molecule has 0 aliphatic heterocycles. The average molecular weight is 346 g/mol.